The summed E-state index contributed by atoms with van der Waals surface area (Å²) in [4.78, 5) is 43.2. The normalized spacial score (nSPS) is 15.1. The first-order valence-electron chi connectivity index (χ1n) is 12.1. The van der Waals surface area contributed by atoms with Crippen LogP contribution in [0.2, 0.25) is 0 Å². The maximum absolute atomic E-state index is 13.8. The zero-order valence-electron chi connectivity index (χ0n) is 21.3. The molecule has 2 aromatic carbocycles. The van der Waals surface area contributed by atoms with E-state index < -0.39 is 18.0 Å². The number of aromatic nitrogens is 1. The van der Waals surface area contributed by atoms with E-state index in [1.165, 1.54) is 22.8 Å². The van der Waals surface area contributed by atoms with Gasteiger partial charge >= 0.3 is 11.9 Å². The number of fused-ring (bicyclic) bond motifs is 1. The molecule has 1 atom stereocenters. The molecule has 0 saturated heterocycles. The Balaban J connectivity index is 1.61. The minimum atomic E-state index is -0.774. The van der Waals surface area contributed by atoms with Crippen LogP contribution in [0.5, 0.6) is 5.75 Å². The fourth-order valence-electron chi connectivity index (χ4n) is 4.32. The van der Waals surface area contributed by atoms with E-state index in [-0.39, 0.29) is 17.7 Å². The van der Waals surface area contributed by atoms with E-state index >= 15 is 0 Å². The van der Waals surface area contributed by atoms with Gasteiger partial charge in [-0.25, -0.2) is 9.79 Å². The van der Waals surface area contributed by atoms with E-state index in [0.29, 0.717) is 37.9 Å². The van der Waals surface area contributed by atoms with Gasteiger partial charge in [0, 0.05) is 23.0 Å². The Hall–Kier alpha value is -4.02. The summed E-state index contributed by atoms with van der Waals surface area (Å²) in [7, 11) is 0. The predicted octanol–water partition coefficient (Wildman–Crippen LogP) is 4.75. The SMILES string of the molecule is CCOC(=O)C1=C(C)N=c2s/c(=C\c3ccc(-c4ccc(Br)cc4)o3)c(=O)n2C1c1ccc(OC(C)=O)cc1. The first-order valence-corrected chi connectivity index (χ1v) is 13.7. The summed E-state index contributed by atoms with van der Waals surface area (Å²) in [5, 5.41) is 0. The lowest BCUT2D eigenvalue weighted by Gasteiger charge is -2.24. The summed E-state index contributed by atoms with van der Waals surface area (Å²) < 4.78 is 19.3. The number of carbonyl (C=O) groups excluding carboxylic acids is 2. The number of halogens is 1. The summed E-state index contributed by atoms with van der Waals surface area (Å²) in [6, 6.07) is 17.3. The van der Waals surface area contributed by atoms with Gasteiger partial charge in [0.1, 0.15) is 17.3 Å². The molecule has 0 radical (unpaired) electrons. The Kier molecular flexibility index (Phi) is 7.49. The molecule has 0 spiro atoms. The van der Waals surface area contributed by atoms with E-state index in [1.54, 1.807) is 50.3 Å². The molecule has 0 N–H and O–H groups in total. The zero-order valence-corrected chi connectivity index (χ0v) is 23.7. The second-order valence-corrected chi connectivity index (χ2v) is 10.6. The molecule has 198 valence electrons. The van der Waals surface area contributed by atoms with Gasteiger partial charge in [-0.3, -0.25) is 14.2 Å². The van der Waals surface area contributed by atoms with Crippen molar-refractivity contribution in [1.82, 2.24) is 4.57 Å². The van der Waals surface area contributed by atoms with E-state index in [4.69, 9.17) is 13.9 Å². The summed E-state index contributed by atoms with van der Waals surface area (Å²) in [5.41, 5.74) is 1.97. The summed E-state index contributed by atoms with van der Waals surface area (Å²) >= 11 is 4.64. The molecule has 0 amide bonds. The van der Waals surface area contributed by atoms with Gasteiger partial charge in [0.15, 0.2) is 4.80 Å². The van der Waals surface area contributed by atoms with Gasteiger partial charge in [-0.2, -0.15) is 0 Å². The van der Waals surface area contributed by atoms with Crippen LogP contribution in [-0.4, -0.2) is 23.1 Å². The molecular weight excluding hydrogens is 584 g/mol. The van der Waals surface area contributed by atoms with Crippen molar-refractivity contribution >= 4 is 45.3 Å². The minimum Gasteiger partial charge on any atom is -0.463 e. The lowest BCUT2D eigenvalue weighted by Crippen LogP contribution is -2.39. The maximum Gasteiger partial charge on any atom is 0.338 e. The lowest BCUT2D eigenvalue weighted by molar-refractivity contribution is -0.139. The number of furan rings is 1. The number of thiazole rings is 1. The van der Waals surface area contributed by atoms with Crippen molar-refractivity contribution in [3.63, 3.8) is 0 Å². The molecule has 4 aromatic rings. The van der Waals surface area contributed by atoms with Crippen LogP contribution in [0, 0.1) is 0 Å². The van der Waals surface area contributed by atoms with E-state index in [1.807, 2.05) is 30.3 Å². The number of rotatable bonds is 6. The molecule has 39 heavy (non-hydrogen) atoms. The van der Waals surface area contributed by atoms with Gasteiger partial charge < -0.3 is 13.9 Å². The van der Waals surface area contributed by atoms with Crippen molar-refractivity contribution in [2.45, 2.75) is 26.8 Å². The molecule has 3 heterocycles. The fraction of sp³-hybridized carbons (Fsp3) is 0.172. The number of esters is 2. The van der Waals surface area contributed by atoms with Crippen LogP contribution in [-0.2, 0) is 14.3 Å². The van der Waals surface area contributed by atoms with Crippen LogP contribution < -0.4 is 19.6 Å². The number of benzene rings is 2. The van der Waals surface area contributed by atoms with E-state index in [2.05, 4.69) is 20.9 Å². The van der Waals surface area contributed by atoms with Gasteiger partial charge in [-0.05, 0) is 55.8 Å². The third kappa shape index (κ3) is 5.43. The second-order valence-electron chi connectivity index (χ2n) is 8.67. The highest BCUT2D eigenvalue weighted by Gasteiger charge is 2.33. The zero-order chi connectivity index (χ0) is 27.7. The van der Waals surface area contributed by atoms with Gasteiger partial charge in [0.25, 0.3) is 5.56 Å². The van der Waals surface area contributed by atoms with Crippen LogP contribution in [0.15, 0.2) is 90.6 Å². The molecule has 5 rings (SSSR count). The largest absolute Gasteiger partial charge is 0.463 e. The van der Waals surface area contributed by atoms with Crippen LogP contribution in [0.1, 0.15) is 38.1 Å². The van der Waals surface area contributed by atoms with E-state index in [0.717, 1.165) is 10.0 Å². The predicted molar refractivity (Wildman–Crippen MR) is 150 cm³/mol. The molecule has 1 aliphatic heterocycles. The Bertz CT molecular complexity index is 1780. The minimum absolute atomic E-state index is 0.178. The van der Waals surface area contributed by atoms with Crippen molar-refractivity contribution in [2.75, 3.05) is 6.61 Å². The van der Waals surface area contributed by atoms with Gasteiger partial charge in [0.2, 0.25) is 0 Å². The number of hydrogen-bond donors (Lipinski definition) is 0. The first-order chi connectivity index (χ1) is 18.7. The van der Waals surface area contributed by atoms with Crippen LogP contribution in [0.25, 0.3) is 17.4 Å². The number of carbonyl (C=O) groups is 2. The van der Waals surface area contributed by atoms with Crippen LogP contribution in [0.4, 0.5) is 0 Å². The van der Waals surface area contributed by atoms with Gasteiger partial charge in [-0.15, -0.1) is 0 Å². The number of nitrogens with zero attached hydrogens (tertiary/aromatic N) is 2. The quantitative estimate of drug-likeness (QED) is 0.232. The average molecular weight is 607 g/mol. The Labute approximate surface area is 235 Å². The average Bonchev–Trinajstić information content (AvgIpc) is 3.48. The molecule has 0 bridgehead atoms. The molecule has 1 aliphatic rings. The maximum atomic E-state index is 13.8. The Morgan fingerprint density at radius 3 is 2.49 bits per heavy atom. The number of ether oxygens (including phenoxy) is 2. The fourth-order valence-corrected chi connectivity index (χ4v) is 5.61. The third-order valence-electron chi connectivity index (χ3n) is 6.00. The topological polar surface area (TPSA) is 100 Å². The molecular formula is C29H23BrN2O6S. The molecule has 0 aliphatic carbocycles. The summed E-state index contributed by atoms with van der Waals surface area (Å²) in [6.45, 7) is 4.94. The highest BCUT2D eigenvalue weighted by molar-refractivity contribution is 9.10. The van der Waals surface area contributed by atoms with Crippen molar-refractivity contribution in [1.29, 1.82) is 0 Å². The number of hydrogen-bond acceptors (Lipinski definition) is 8. The smallest absolute Gasteiger partial charge is 0.338 e. The standard InChI is InChI=1S/C29H23BrN2O6S/c1-4-36-28(35)25-16(2)31-29-32(26(25)19-7-11-21(12-8-19)37-17(3)33)27(34)24(39-29)15-22-13-14-23(38-22)18-5-9-20(30)10-6-18/h5-15,26H,4H2,1-3H3/b24-15-. The summed E-state index contributed by atoms with van der Waals surface area (Å²) in [5.74, 6) is 0.554. The highest BCUT2D eigenvalue weighted by atomic mass is 79.9. The lowest BCUT2D eigenvalue weighted by atomic mass is 9.96. The van der Waals surface area contributed by atoms with Crippen molar-refractivity contribution in [2.24, 2.45) is 4.99 Å². The molecule has 0 saturated carbocycles. The monoisotopic (exact) mass is 606 g/mol. The molecule has 2 aromatic heterocycles. The summed E-state index contributed by atoms with van der Waals surface area (Å²) in [6.07, 6.45) is 1.68. The molecule has 10 heteroatoms. The molecule has 0 fully saturated rings. The van der Waals surface area contributed by atoms with Crippen LogP contribution in [0.3, 0.4) is 0 Å². The third-order valence-corrected chi connectivity index (χ3v) is 7.51. The van der Waals surface area contributed by atoms with Crippen molar-refractivity contribution in [3.8, 4) is 17.1 Å². The Morgan fingerprint density at radius 1 is 1.10 bits per heavy atom. The van der Waals surface area contributed by atoms with Gasteiger partial charge in [0.05, 0.1) is 28.5 Å². The van der Waals surface area contributed by atoms with E-state index in [9.17, 15) is 14.4 Å². The van der Waals surface area contributed by atoms with Crippen molar-refractivity contribution in [3.05, 3.63) is 107 Å². The molecule has 8 nitrogen and oxygen atoms in total. The number of allylic oxidation sites excluding steroid dienone is 1. The van der Waals surface area contributed by atoms with Gasteiger partial charge in [-0.1, -0.05) is 51.5 Å². The molecule has 1 unspecified atom stereocenters. The van der Waals surface area contributed by atoms with Crippen molar-refractivity contribution < 1.29 is 23.5 Å². The van der Waals surface area contributed by atoms with Crippen LogP contribution >= 0.6 is 27.3 Å². The second kappa shape index (κ2) is 11.0. The Morgan fingerprint density at radius 2 is 1.82 bits per heavy atom. The first kappa shape index (κ1) is 26.6. The highest BCUT2D eigenvalue weighted by Crippen LogP contribution is 2.32.